The molecule has 0 bridgehead atoms. The van der Waals surface area contributed by atoms with Crippen LogP contribution in [-0.2, 0) is 19.6 Å². The summed E-state index contributed by atoms with van der Waals surface area (Å²) in [5.41, 5.74) is 1.11. The summed E-state index contributed by atoms with van der Waals surface area (Å²) in [5, 5.41) is 50.3. The van der Waals surface area contributed by atoms with Crippen LogP contribution in [0.5, 0.6) is 0 Å². The van der Waals surface area contributed by atoms with E-state index in [1.807, 2.05) is 27.6 Å². The van der Waals surface area contributed by atoms with E-state index in [2.05, 4.69) is 25.1 Å². The van der Waals surface area contributed by atoms with Gasteiger partial charge in [-0.3, -0.25) is 14.3 Å². The Hall–Kier alpha value is -4.36. The highest BCUT2D eigenvalue weighted by Crippen LogP contribution is 2.23. The van der Waals surface area contributed by atoms with Crippen LogP contribution in [0.1, 0.15) is 5.56 Å². The zero-order chi connectivity index (χ0) is 27.5. The maximum atomic E-state index is 8.36. The Kier molecular flexibility index (Phi) is 15.8. The third-order valence-corrected chi connectivity index (χ3v) is 4.35. The minimum atomic E-state index is -1.50. The molecule has 0 atom stereocenters. The molecule has 1 aromatic carbocycles. The van der Waals surface area contributed by atoms with Crippen molar-refractivity contribution >= 4 is 23.2 Å². The normalized spacial score (nSPS) is 9.53. The summed E-state index contributed by atoms with van der Waals surface area (Å²) in [6.07, 6.45) is 6.51. The number of halogens is 2. The minimum Gasteiger partial charge on any atom is -0.328 e. The molecular formula is C15H20Cl2N10O9. The van der Waals surface area contributed by atoms with E-state index < -0.39 is 15.3 Å². The first-order valence-corrected chi connectivity index (χ1v) is 9.97. The lowest BCUT2D eigenvalue weighted by atomic mass is 10.2. The van der Waals surface area contributed by atoms with Crippen molar-refractivity contribution in [2.45, 2.75) is 19.6 Å². The Morgan fingerprint density at radius 2 is 1.22 bits per heavy atom. The Morgan fingerprint density at radius 3 is 1.56 bits per heavy atom. The molecule has 0 fully saturated rings. The van der Waals surface area contributed by atoms with Crippen LogP contribution in [0, 0.1) is 30.3 Å². The van der Waals surface area contributed by atoms with Gasteiger partial charge >= 0.3 is 0 Å². The molecule has 0 spiro atoms. The van der Waals surface area contributed by atoms with Crippen LogP contribution in [-0.4, -0.2) is 78.4 Å². The summed E-state index contributed by atoms with van der Waals surface area (Å²) < 4.78 is 3.63. The molecular weight excluding hydrogens is 535 g/mol. The maximum absolute atomic E-state index is 8.36. The molecule has 2 heterocycles. The average molecular weight is 555 g/mol. The summed E-state index contributed by atoms with van der Waals surface area (Å²) in [6.45, 7) is 3.95. The quantitative estimate of drug-likeness (QED) is 0.262. The van der Waals surface area contributed by atoms with Crippen molar-refractivity contribution in [1.29, 1.82) is 0 Å². The molecule has 3 rings (SSSR count). The van der Waals surface area contributed by atoms with E-state index in [4.69, 9.17) is 69.2 Å². The SMILES string of the molecule is Clc1ccc(CN(CCn2cncn2)CCn2cncn2)cc1Cl.O=[N+]([O-])O.O=[N+]([O-])O.O=[N+]([O-])O. The fraction of sp³-hybridized carbons (Fsp3) is 0.333. The summed E-state index contributed by atoms with van der Waals surface area (Å²) in [4.78, 5) is 35.3. The first-order valence-electron chi connectivity index (χ1n) is 9.21. The number of aromatic nitrogens is 6. The van der Waals surface area contributed by atoms with E-state index in [0.717, 1.165) is 38.3 Å². The maximum Gasteiger partial charge on any atom is 0.291 e. The highest BCUT2D eigenvalue weighted by molar-refractivity contribution is 6.42. The summed E-state index contributed by atoms with van der Waals surface area (Å²) in [7, 11) is 0. The number of benzene rings is 1. The fourth-order valence-electron chi connectivity index (χ4n) is 2.35. The van der Waals surface area contributed by atoms with Crippen LogP contribution in [0.25, 0.3) is 0 Å². The Bertz CT molecular complexity index is 962. The monoisotopic (exact) mass is 554 g/mol. The van der Waals surface area contributed by atoms with Crippen molar-refractivity contribution in [2.75, 3.05) is 13.1 Å². The van der Waals surface area contributed by atoms with Gasteiger partial charge in [0.05, 0.1) is 23.1 Å². The van der Waals surface area contributed by atoms with Crippen molar-refractivity contribution in [3.8, 4) is 0 Å². The molecule has 3 N–H and O–H groups in total. The van der Waals surface area contributed by atoms with Crippen molar-refractivity contribution in [1.82, 2.24) is 34.4 Å². The Labute approximate surface area is 211 Å². The summed E-state index contributed by atoms with van der Waals surface area (Å²) >= 11 is 12.1. The Morgan fingerprint density at radius 1 is 0.806 bits per heavy atom. The molecule has 198 valence electrons. The molecule has 0 radical (unpaired) electrons. The topological polar surface area (TPSA) is 255 Å². The van der Waals surface area contributed by atoms with Gasteiger partial charge in [0.1, 0.15) is 25.3 Å². The van der Waals surface area contributed by atoms with Crippen molar-refractivity contribution in [2.24, 2.45) is 0 Å². The molecule has 0 saturated heterocycles. The smallest absolute Gasteiger partial charge is 0.291 e. The van der Waals surface area contributed by atoms with Gasteiger partial charge in [-0.25, -0.2) is 9.97 Å². The Balaban J connectivity index is 0.000000857. The zero-order valence-electron chi connectivity index (χ0n) is 18.1. The van der Waals surface area contributed by atoms with E-state index in [0.29, 0.717) is 10.0 Å². The second-order valence-corrected chi connectivity index (χ2v) is 6.87. The second-order valence-electron chi connectivity index (χ2n) is 6.06. The molecule has 36 heavy (non-hydrogen) atoms. The molecule has 0 saturated carbocycles. The molecule has 0 aliphatic carbocycles. The number of nitrogens with zero attached hydrogens (tertiary/aromatic N) is 10. The standard InChI is InChI=1S/C15H17Cl2N7.3HNO3/c16-14-2-1-13(7-15(14)17)8-22(3-5-23-11-18-9-20-23)4-6-24-12-19-10-21-24;3*2-1(3)4/h1-2,7,9-12H,3-6,8H2;3*(H,2,3,4). The van der Waals surface area contributed by atoms with E-state index in [9.17, 15) is 0 Å². The van der Waals surface area contributed by atoms with Gasteiger partial charge in [-0.1, -0.05) is 29.3 Å². The van der Waals surface area contributed by atoms with Crippen molar-refractivity contribution in [3.05, 3.63) is 89.5 Å². The predicted molar refractivity (Wildman–Crippen MR) is 118 cm³/mol. The van der Waals surface area contributed by atoms with Gasteiger partial charge in [-0.05, 0) is 17.7 Å². The molecule has 0 amide bonds. The number of rotatable bonds is 8. The van der Waals surface area contributed by atoms with E-state index in [1.54, 1.807) is 25.3 Å². The third-order valence-electron chi connectivity index (χ3n) is 3.61. The van der Waals surface area contributed by atoms with Crippen molar-refractivity contribution in [3.63, 3.8) is 0 Å². The fourth-order valence-corrected chi connectivity index (χ4v) is 2.67. The molecule has 19 nitrogen and oxygen atoms in total. The van der Waals surface area contributed by atoms with Gasteiger partial charge in [-0.2, -0.15) is 10.2 Å². The van der Waals surface area contributed by atoms with Crippen LogP contribution >= 0.6 is 23.2 Å². The minimum absolute atomic E-state index is 0.567. The van der Waals surface area contributed by atoms with Gasteiger partial charge in [0, 0.05) is 19.6 Å². The lowest BCUT2D eigenvalue weighted by Crippen LogP contribution is -2.30. The van der Waals surface area contributed by atoms with E-state index in [1.165, 1.54) is 0 Å². The largest absolute Gasteiger partial charge is 0.328 e. The number of hydrogen-bond donors (Lipinski definition) is 3. The molecule has 0 aliphatic heterocycles. The third kappa shape index (κ3) is 18.1. The van der Waals surface area contributed by atoms with E-state index in [-0.39, 0.29) is 0 Å². The van der Waals surface area contributed by atoms with Crippen LogP contribution in [0.4, 0.5) is 0 Å². The first kappa shape index (κ1) is 31.6. The molecule has 0 unspecified atom stereocenters. The molecule has 0 aliphatic rings. The molecule has 21 heteroatoms. The van der Waals surface area contributed by atoms with Gasteiger partial charge in [0.15, 0.2) is 0 Å². The van der Waals surface area contributed by atoms with Gasteiger partial charge < -0.3 is 15.6 Å². The lowest BCUT2D eigenvalue weighted by molar-refractivity contribution is -0.742. The van der Waals surface area contributed by atoms with Crippen molar-refractivity contribution < 1.29 is 30.9 Å². The summed E-state index contributed by atoms with van der Waals surface area (Å²) in [5.74, 6) is 0. The molecule has 3 aromatic rings. The van der Waals surface area contributed by atoms with Crippen LogP contribution in [0.15, 0.2) is 43.5 Å². The number of hydrogen-bond acceptors (Lipinski definition) is 11. The van der Waals surface area contributed by atoms with E-state index >= 15 is 0 Å². The van der Waals surface area contributed by atoms with Crippen LogP contribution in [0.3, 0.4) is 0 Å². The predicted octanol–water partition coefficient (Wildman–Crippen LogP) is 1.34. The summed E-state index contributed by atoms with van der Waals surface area (Å²) in [6, 6.07) is 5.72. The lowest BCUT2D eigenvalue weighted by Gasteiger charge is -2.22. The molecule has 2 aromatic heterocycles. The average Bonchev–Trinajstić information content (AvgIpc) is 3.46. The zero-order valence-corrected chi connectivity index (χ0v) is 19.6. The van der Waals surface area contributed by atoms with Crippen LogP contribution in [0.2, 0.25) is 10.0 Å². The highest BCUT2D eigenvalue weighted by Gasteiger charge is 2.09. The second kappa shape index (κ2) is 18.0. The van der Waals surface area contributed by atoms with Crippen LogP contribution < -0.4 is 0 Å². The highest BCUT2D eigenvalue weighted by atomic mass is 35.5. The van der Waals surface area contributed by atoms with Gasteiger partial charge in [-0.15, -0.1) is 30.3 Å². The van der Waals surface area contributed by atoms with Gasteiger partial charge in [0.25, 0.3) is 15.3 Å². The first-order chi connectivity index (χ1) is 16.9. The van der Waals surface area contributed by atoms with Gasteiger partial charge in [0.2, 0.25) is 0 Å².